The van der Waals surface area contributed by atoms with Gasteiger partial charge in [-0.2, -0.15) is 0 Å². The highest BCUT2D eigenvalue weighted by atomic mass is 35.5. The number of rotatable bonds is 5. The average Bonchev–Trinajstić information content (AvgIpc) is 2.82. The first-order valence-corrected chi connectivity index (χ1v) is 11.9. The monoisotopic (exact) mass is 453 g/mol. The van der Waals surface area contributed by atoms with Crippen LogP contribution in [0.1, 0.15) is 48.2 Å². The summed E-state index contributed by atoms with van der Waals surface area (Å²) in [6, 6.07) is 15.5. The molecule has 0 bridgehead atoms. The van der Waals surface area contributed by atoms with E-state index in [0.29, 0.717) is 30.2 Å². The average molecular weight is 454 g/mol. The van der Waals surface area contributed by atoms with Gasteiger partial charge in [-0.15, -0.1) is 0 Å². The highest BCUT2D eigenvalue weighted by molar-refractivity contribution is 6.30. The maximum absolute atomic E-state index is 13.0. The molecule has 0 spiro atoms. The summed E-state index contributed by atoms with van der Waals surface area (Å²) in [5.41, 5.74) is 3.27. The van der Waals surface area contributed by atoms with Crippen molar-refractivity contribution in [2.45, 2.75) is 45.2 Å². The van der Waals surface area contributed by atoms with E-state index in [1.54, 1.807) is 29.2 Å². The molecule has 0 aromatic heterocycles. The van der Waals surface area contributed by atoms with Gasteiger partial charge in [-0.25, -0.2) is 0 Å². The molecule has 0 aliphatic carbocycles. The minimum absolute atomic E-state index is 0.0357. The van der Waals surface area contributed by atoms with Crippen LogP contribution in [0.4, 0.5) is 0 Å². The van der Waals surface area contributed by atoms with Crippen molar-refractivity contribution < 1.29 is 9.59 Å². The zero-order chi connectivity index (χ0) is 22.7. The second kappa shape index (κ2) is 9.63. The van der Waals surface area contributed by atoms with Crippen molar-refractivity contribution in [3.8, 4) is 0 Å². The topological polar surface area (TPSA) is 52.7 Å². The molecule has 5 nitrogen and oxygen atoms in total. The largest absolute Gasteiger partial charge is 0.354 e. The lowest BCUT2D eigenvalue weighted by atomic mass is 9.93. The number of carbonyl (C=O) groups is 2. The number of piperidine rings is 1. The predicted octanol–water partition coefficient (Wildman–Crippen LogP) is 4.15. The second-order valence-electron chi connectivity index (χ2n) is 9.57. The van der Waals surface area contributed by atoms with Gasteiger partial charge < -0.3 is 10.2 Å². The van der Waals surface area contributed by atoms with Crippen LogP contribution in [0.5, 0.6) is 0 Å². The molecule has 0 radical (unpaired) electrons. The van der Waals surface area contributed by atoms with Gasteiger partial charge in [-0.05, 0) is 68.5 Å². The van der Waals surface area contributed by atoms with Gasteiger partial charge in [-0.1, -0.05) is 35.9 Å². The summed E-state index contributed by atoms with van der Waals surface area (Å²) in [5, 5.41) is 3.79. The van der Waals surface area contributed by atoms with Crippen LogP contribution in [0, 0.1) is 5.92 Å². The molecule has 2 aliphatic heterocycles. The molecule has 4 rings (SSSR count). The Morgan fingerprint density at radius 3 is 2.53 bits per heavy atom. The summed E-state index contributed by atoms with van der Waals surface area (Å²) in [6.45, 7) is 8.03. The van der Waals surface area contributed by atoms with E-state index >= 15 is 0 Å². The summed E-state index contributed by atoms with van der Waals surface area (Å²) in [6.07, 6.45) is 2.69. The Morgan fingerprint density at radius 2 is 1.78 bits per heavy atom. The maximum atomic E-state index is 13.0. The predicted molar refractivity (Wildman–Crippen MR) is 128 cm³/mol. The Morgan fingerprint density at radius 1 is 1.06 bits per heavy atom. The highest BCUT2D eigenvalue weighted by Crippen LogP contribution is 2.25. The summed E-state index contributed by atoms with van der Waals surface area (Å²) in [7, 11) is 0. The SMILES string of the molecule is CC(C)(CNC(=O)C1CCCN(C(=O)c2ccc(Cl)cc2)C1)N1CCc2ccccc2C1. The lowest BCUT2D eigenvalue weighted by Crippen LogP contribution is -2.54. The maximum Gasteiger partial charge on any atom is 0.253 e. The van der Waals surface area contributed by atoms with Gasteiger partial charge in [0.1, 0.15) is 0 Å². The quantitative estimate of drug-likeness (QED) is 0.740. The summed E-state index contributed by atoms with van der Waals surface area (Å²) in [5.74, 6) is -0.159. The van der Waals surface area contributed by atoms with Crippen LogP contribution >= 0.6 is 11.6 Å². The molecule has 1 atom stereocenters. The molecule has 1 N–H and O–H groups in total. The molecule has 1 unspecified atom stereocenters. The number of amides is 2. The molecule has 2 aliphatic rings. The molecule has 32 heavy (non-hydrogen) atoms. The Kier molecular flexibility index (Phi) is 6.87. The summed E-state index contributed by atoms with van der Waals surface area (Å²) < 4.78 is 0. The second-order valence-corrected chi connectivity index (χ2v) is 10.0. The molecule has 2 aromatic carbocycles. The van der Waals surface area contributed by atoms with Crippen LogP contribution < -0.4 is 5.32 Å². The zero-order valence-electron chi connectivity index (χ0n) is 18.9. The fraction of sp³-hybridized carbons (Fsp3) is 0.462. The van der Waals surface area contributed by atoms with Crippen molar-refractivity contribution in [3.63, 3.8) is 0 Å². The van der Waals surface area contributed by atoms with Gasteiger partial charge >= 0.3 is 0 Å². The van der Waals surface area contributed by atoms with Crippen molar-refractivity contribution in [3.05, 3.63) is 70.2 Å². The first kappa shape index (κ1) is 22.8. The van der Waals surface area contributed by atoms with Crippen LogP contribution in [0.15, 0.2) is 48.5 Å². The number of fused-ring (bicyclic) bond motifs is 1. The highest BCUT2D eigenvalue weighted by Gasteiger charge is 2.33. The first-order valence-electron chi connectivity index (χ1n) is 11.5. The molecular weight excluding hydrogens is 422 g/mol. The minimum atomic E-state index is -0.169. The Bertz CT molecular complexity index is 973. The lowest BCUT2D eigenvalue weighted by molar-refractivity contribution is -0.127. The van der Waals surface area contributed by atoms with Gasteiger partial charge in [0, 0.05) is 48.8 Å². The third-order valence-corrected chi connectivity index (χ3v) is 7.10. The standard InChI is InChI=1S/C26H32ClN3O2/c1-26(2,30-15-13-19-6-3-4-7-21(19)17-30)18-28-24(31)22-8-5-14-29(16-22)25(32)20-9-11-23(27)12-10-20/h3-4,6-7,9-12,22H,5,8,13-18H2,1-2H3,(H,28,31). The third kappa shape index (κ3) is 5.16. The number of likely N-dealkylation sites (tertiary alicyclic amines) is 1. The molecule has 1 fully saturated rings. The van der Waals surface area contributed by atoms with Gasteiger partial charge in [-0.3, -0.25) is 14.5 Å². The van der Waals surface area contributed by atoms with Crippen LogP contribution in [0.2, 0.25) is 5.02 Å². The van der Waals surface area contributed by atoms with Gasteiger partial charge in [0.15, 0.2) is 0 Å². The molecule has 0 saturated carbocycles. The summed E-state index contributed by atoms with van der Waals surface area (Å²) in [4.78, 5) is 30.1. The van der Waals surface area contributed by atoms with Crippen LogP contribution in [0.3, 0.4) is 0 Å². The van der Waals surface area contributed by atoms with Gasteiger partial charge in [0.2, 0.25) is 5.91 Å². The molecule has 2 amide bonds. The molecule has 170 valence electrons. The number of hydrogen-bond acceptors (Lipinski definition) is 3. The number of nitrogens with zero attached hydrogens (tertiary/aromatic N) is 2. The Labute approximate surface area is 195 Å². The molecule has 1 saturated heterocycles. The van der Waals surface area contributed by atoms with Crippen molar-refractivity contribution in [1.29, 1.82) is 0 Å². The Hall–Kier alpha value is -2.37. The van der Waals surface area contributed by atoms with E-state index in [-0.39, 0.29) is 23.3 Å². The number of halogens is 1. The van der Waals surface area contributed by atoms with E-state index in [2.05, 4.69) is 48.3 Å². The van der Waals surface area contributed by atoms with Crippen molar-refractivity contribution in [1.82, 2.24) is 15.1 Å². The molecule has 6 heteroatoms. The van der Waals surface area contributed by atoms with Crippen molar-refractivity contribution >= 4 is 23.4 Å². The lowest BCUT2D eigenvalue weighted by Gasteiger charge is -2.42. The molecule has 2 heterocycles. The number of benzene rings is 2. The van der Waals surface area contributed by atoms with E-state index in [0.717, 1.165) is 32.4 Å². The van der Waals surface area contributed by atoms with Crippen LogP contribution in [-0.4, -0.2) is 53.3 Å². The fourth-order valence-electron chi connectivity index (χ4n) is 4.72. The molecule has 2 aromatic rings. The summed E-state index contributed by atoms with van der Waals surface area (Å²) >= 11 is 5.94. The zero-order valence-corrected chi connectivity index (χ0v) is 19.7. The number of hydrogen-bond donors (Lipinski definition) is 1. The normalized spacial score (nSPS) is 19.3. The van der Waals surface area contributed by atoms with E-state index < -0.39 is 0 Å². The van der Waals surface area contributed by atoms with Crippen LogP contribution in [0.25, 0.3) is 0 Å². The number of carbonyl (C=O) groups excluding carboxylic acids is 2. The van der Waals surface area contributed by atoms with Gasteiger partial charge in [0.25, 0.3) is 5.91 Å². The third-order valence-electron chi connectivity index (χ3n) is 6.85. The van der Waals surface area contributed by atoms with Crippen molar-refractivity contribution in [2.24, 2.45) is 5.92 Å². The van der Waals surface area contributed by atoms with Gasteiger partial charge in [0.05, 0.1) is 5.92 Å². The fourth-order valence-corrected chi connectivity index (χ4v) is 4.85. The Balaban J connectivity index is 1.32. The van der Waals surface area contributed by atoms with Crippen LogP contribution in [-0.2, 0) is 17.8 Å². The van der Waals surface area contributed by atoms with E-state index in [1.807, 2.05) is 0 Å². The van der Waals surface area contributed by atoms with E-state index in [4.69, 9.17) is 11.6 Å². The van der Waals surface area contributed by atoms with E-state index in [1.165, 1.54) is 11.1 Å². The minimum Gasteiger partial charge on any atom is -0.354 e. The molecular formula is C26H32ClN3O2. The number of nitrogens with one attached hydrogen (secondary N) is 1. The smallest absolute Gasteiger partial charge is 0.253 e. The van der Waals surface area contributed by atoms with E-state index in [9.17, 15) is 9.59 Å². The van der Waals surface area contributed by atoms with Crippen molar-refractivity contribution in [2.75, 3.05) is 26.2 Å². The first-order chi connectivity index (χ1) is 15.3.